The van der Waals surface area contributed by atoms with Gasteiger partial charge in [0.2, 0.25) is 29.4 Å². The Hall–Kier alpha value is -4.78. The van der Waals surface area contributed by atoms with E-state index in [4.69, 9.17) is 15.3 Å². The molecule has 1 fully saturated rings. The Bertz CT molecular complexity index is 1910. The highest BCUT2D eigenvalue weighted by Crippen LogP contribution is 2.30. The van der Waals surface area contributed by atoms with Crippen molar-refractivity contribution < 1.29 is 49.2 Å². The molecule has 0 radical (unpaired) electrons. The molecule has 2 heterocycles. The number of carbonyl (C=O) groups excluding carboxylic acids is 4. The molecule has 2 aliphatic heterocycles. The van der Waals surface area contributed by atoms with Gasteiger partial charge in [-0.2, -0.15) is 5.48 Å². The number of hydroxylamine groups is 1. The summed E-state index contributed by atoms with van der Waals surface area (Å²) in [6.07, 6.45) is -3.70. The minimum absolute atomic E-state index is 0.0827. The molecule has 0 bridgehead atoms. The number of ether oxygens (including phenoxy) is 1. The van der Waals surface area contributed by atoms with Crippen LogP contribution in [0.4, 0.5) is 0 Å². The Labute approximate surface area is 344 Å². The second kappa shape index (κ2) is 20.5. The molecule has 1 unspecified atom stereocenters. The Morgan fingerprint density at radius 2 is 1.53 bits per heavy atom. The van der Waals surface area contributed by atoms with Crippen LogP contribution in [-0.4, -0.2) is 105 Å². The first kappa shape index (κ1) is 45.3. The molecule has 320 valence electrons. The van der Waals surface area contributed by atoms with Crippen molar-refractivity contribution in [3.8, 4) is 5.75 Å². The molecule has 16 nitrogen and oxygen atoms in total. The molecular formula is C43H58N6O10. The van der Waals surface area contributed by atoms with Crippen LogP contribution in [0, 0.1) is 13.8 Å². The summed E-state index contributed by atoms with van der Waals surface area (Å²) in [4.78, 5) is 60.6. The highest BCUT2D eigenvalue weighted by atomic mass is 16.8. The minimum Gasteiger partial charge on any atom is -0.508 e. The molecule has 11 N–H and O–H groups in total. The fourth-order valence-corrected chi connectivity index (χ4v) is 7.53. The van der Waals surface area contributed by atoms with Crippen LogP contribution in [0.2, 0.25) is 0 Å². The van der Waals surface area contributed by atoms with E-state index < -0.39 is 78.0 Å². The topological polar surface area (TPSA) is 254 Å². The number of fused-ring (bicyclic) bond motifs is 1. The predicted molar refractivity (Wildman–Crippen MR) is 217 cm³/mol. The fraction of sp³-hybridized carbons (Fsp3) is 0.488. The standard InChI is InChI=1S/C43H58N6O10/c1-24-18-30(50)19-25(2)31(24)22-32(44)39(54)48-35(20-27-12-6-5-7-13-27)42(57)47-33(40(55)49-41(56)34-21-28-14-8-9-15-29(28)23-45-34)16-10-11-17-46-59-43(4)38(53)37(52)36(51)26(3)58-43/h5-9,12-15,18-19,26,32-38,45-46,50-53H,10-11,16-17,20-23,44H2,1-4H3,(H,47,57)(H,48,54)(H,49,55,56)/t26-,32+,33+,34?,35+,36-,37+,38-,43+/m1/s1. The maximum absolute atomic E-state index is 14.1. The van der Waals surface area contributed by atoms with Gasteiger partial charge in [-0.25, -0.2) is 0 Å². The number of nitrogens with one attached hydrogen (secondary N) is 5. The van der Waals surface area contributed by atoms with Gasteiger partial charge in [0, 0.05) is 19.5 Å². The number of aromatic hydroxyl groups is 1. The number of phenolic OH excluding ortho intramolecular Hbond substituents is 1. The van der Waals surface area contributed by atoms with Crippen molar-refractivity contribution >= 4 is 23.6 Å². The quantitative estimate of drug-likeness (QED) is 0.0654. The number of unbranched alkanes of at least 4 members (excludes halogenated alkanes) is 1. The van der Waals surface area contributed by atoms with Gasteiger partial charge in [-0.05, 0) is 105 Å². The Balaban J connectivity index is 1.27. The molecule has 0 saturated carbocycles. The maximum Gasteiger partial charge on any atom is 0.249 e. The summed E-state index contributed by atoms with van der Waals surface area (Å²) in [5.41, 5.74) is 14.2. The van der Waals surface area contributed by atoms with Gasteiger partial charge in [0.25, 0.3) is 0 Å². The van der Waals surface area contributed by atoms with E-state index in [1.54, 1.807) is 31.2 Å². The van der Waals surface area contributed by atoms with Gasteiger partial charge in [-0.3, -0.25) is 29.3 Å². The average Bonchev–Trinajstić information content (AvgIpc) is 3.21. The number of phenols is 1. The highest BCUT2D eigenvalue weighted by Gasteiger charge is 2.51. The molecule has 3 aromatic carbocycles. The van der Waals surface area contributed by atoms with Gasteiger partial charge >= 0.3 is 0 Å². The van der Waals surface area contributed by atoms with Crippen molar-refractivity contribution in [2.75, 3.05) is 6.54 Å². The largest absolute Gasteiger partial charge is 0.508 e. The van der Waals surface area contributed by atoms with Crippen LogP contribution < -0.4 is 32.5 Å². The summed E-state index contributed by atoms with van der Waals surface area (Å²) >= 11 is 0. The van der Waals surface area contributed by atoms with Crippen molar-refractivity contribution in [2.24, 2.45) is 5.73 Å². The second-order valence-electron chi connectivity index (χ2n) is 15.7. The first-order valence-electron chi connectivity index (χ1n) is 20.0. The van der Waals surface area contributed by atoms with Gasteiger partial charge in [-0.1, -0.05) is 54.6 Å². The fourth-order valence-electron chi connectivity index (χ4n) is 7.53. The molecule has 59 heavy (non-hydrogen) atoms. The first-order chi connectivity index (χ1) is 28.1. The third kappa shape index (κ3) is 11.9. The summed E-state index contributed by atoms with van der Waals surface area (Å²) in [5.74, 6) is -4.06. The summed E-state index contributed by atoms with van der Waals surface area (Å²) < 4.78 is 5.62. The SMILES string of the molecule is Cc1cc(O)cc(C)c1C[C@H](N)C(=O)N[C@@H](Cc1ccccc1)C(=O)N[C@@H](CCCCNO[C@]1(C)O[C@H](C)[C@@H](O)[C@H](O)[C@H]1O)C(=O)NC(=O)C1Cc2ccccc2CN1. The van der Waals surface area contributed by atoms with Crippen molar-refractivity contribution in [1.29, 1.82) is 0 Å². The van der Waals surface area contributed by atoms with Crippen LogP contribution in [0.3, 0.4) is 0 Å². The molecule has 0 spiro atoms. The van der Waals surface area contributed by atoms with Gasteiger partial charge < -0.3 is 46.8 Å². The second-order valence-corrected chi connectivity index (χ2v) is 15.7. The van der Waals surface area contributed by atoms with E-state index in [2.05, 4.69) is 26.7 Å². The number of imide groups is 1. The molecule has 1 saturated heterocycles. The summed E-state index contributed by atoms with van der Waals surface area (Å²) in [5, 5.41) is 52.0. The van der Waals surface area contributed by atoms with E-state index in [0.717, 1.165) is 33.4 Å². The lowest BCUT2D eigenvalue weighted by atomic mass is 9.94. The zero-order valence-electron chi connectivity index (χ0n) is 33.9. The normalized spacial score (nSPS) is 24.2. The average molecular weight is 819 g/mol. The highest BCUT2D eigenvalue weighted by molar-refractivity contribution is 6.02. The Morgan fingerprint density at radius 1 is 0.881 bits per heavy atom. The molecule has 2 aliphatic rings. The zero-order chi connectivity index (χ0) is 42.9. The third-order valence-electron chi connectivity index (χ3n) is 11.0. The van der Waals surface area contributed by atoms with E-state index in [9.17, 15) is 39.6 Å². The van der Waals surface area contributed by atoms with Gasteiger partial charge in [-0.15, -0.1) is 0 Å². The van der Waals surface area contributed by atoms with Crippen LogP contribution in [0.15, 0.2) is 66.7 Å². The lowest BCUT2D eigenvalue weighted by Gasteiger charge is -2.45. The Morgan fingerprint density at radius 3 is 2.22 bits per heavy atom. The summed E-state index contributed by atoms with van der Waals surface area (Å²) in [6.45, 7) is 7.25. The van der Waals surface area contributed by atoms with Crippen LogP contribution in [0.1, 0.15) is 66.5 Å². The molecule has 0 aromatic heterocycles. The number of amides is 4. The van der Waals surface area contributed by atoms with Gasteiger partial charge in [0.15, 0.2) is 0 Å². The van der Waals surface area contributed by atoms with E-state index in [1.165, 1.54) is 6.92 Å². The summed E-state index contributed by atoms with van der Waals surface area (Å²) in [7, 11) is 0. The number of carbonyl (C=O) groups is 4. The molecule has 0 aliphatic carbocycles. The lowest BCUT2D eigenvalue weighted by molar-refractivity contribution is -0.366. The predicted octanol–water partition coefficient (Wildman–Crippen LogP) is 0.358. The van der Waals surface area contributed by atoms with Gasteiger partial charge in [0.05, 0.1) is 18.2 Å². The molecule has 4 amide bonds. The number of benzene rings is 3. The van der Waals surface area contributed by atoms with Crippen molar-refractivity contribution in [1.82, 2.24) is 26.7 Å². The number of hydrogen-bond donors (Lipinski definition) is 10. The molecule has 3 aromatic rings. The summed E-state index contributed by atoms with van der Waals surface area (Å²) in [6, 6.07) is 15.9. The van der Waals surface area contributed by atoms with E-state index in [1.807, 2.05) is 56.3 Å². The first-order valence-corrected chi connectivity index (χ1v) is 20.0. The number of aliphatic hydroxyl groups is 3. The van der Waals surface area contributed by atoms with Crippen LogP contribution >= 0.6 is 0 Å². The molecular weight excluding hydrogens is 761 g/mol. The van der Waals surface area contributed by atoms with Crippen LogP contribution in [-0.2, 0) is 54.6 Å². The Kier molecular flexibility index (Phi) is 15.7. The number of rotatable bonds is 17. The van der Waals surface area contributed by atoms with Crippen molar-refractivity contribution in [3.63, 3.8) is 0 Å². The monoisotopic (exact) mass is 818 g/mol. The third-order valence-corrected chi connectivity index (χ3v) is 11.0. The minimum atomic E-state index is -1.66. The maximum atomic E-state index is 14.1. The number of aryl methyl sites for hydroxylation is 2. The van der Waals surface area contributed by atoms with Crippen molar-refractivity contribution in [3.05, 3.63) is 100 Å². The number of aliphatic hydroxyl groups excluding tert-OH is 3. The van der Waals surface area contributed by atoms with Crippen LogP contribution in [0.5, 0.6) is 5.75 Å². The lowest BCUT2D eigenvalue weighted by Crippen LogP contribution is -2.64. The van der Waals surface area contributed by atoms with Crippen molar-refractivity contribution in [2.45, 2.75) is 127 Å². The van der Waals surface area contributed by atoms with E-state index >= 15 is 0 Å². The number of hydrogen-bond acceptors (Lipinski definition) is 13. The number of nitrogens with two attached hydrogens (primary N) is 1. The zero-order valence-corrected chi connectivity index (χ0v) is 33.9. The van der Waals surface area contributed by atoms with E-state index in [-0.39, 0.29) is 31.6 Å². The smallest absolute Gasteiger partial charge is 0.249 e. The molecule has 5 rings (SSSR count). The molecule has 9 atom stereocenters. The molecule has 16 heteroatoms. The van der Waals surface area contributed by atoms with E-state index in [0.29, 0.717) is 25.8 Å². The van der Waals surface area contributed by atoms with Crippen LogP contribution in [0.25, 0.3) is 0 Å². The van der Waals surface area contributed by atoms with Gasteiger partial charge in [0.1, 0.15) is 36.1 Å².